The first kappa shape index (κ1) is 17.2. The maximum atomic E-state index is 12.2. The minimum absolute atomic E-state index is 0.348. The number of piperidine rings is 2. The molecule has 0 bridgehead atoms. The fraction of sp³-hybridized carbons (Fsp3) is 0.944. The molecule has 5 heteroatoms. The van der Waals surface area contributed by atoms with E-state index < -0.39 is 0 Å². The molecule has 1 saturated carbocycles. The van der Waals surface area contributed by atoms with Gasteiger partial charge in [0.15, 0.2) is 0 Å². The van der Waals surface area contributed by atoms with E-state index in [-0.39, 0.29) is 0 Å². The number of amides is 1. The van der Waals surface area contributed by atoms with Crippen LogP contribution in [0.2, 0.25) is 0 Å². The molecule has 0 spiro atoms. The summed E-state index contributed by atoms with van der Waals surface area (Å²) in [6.07, 6.45) is 7.95. The highest BCUT2D eigenvalue weighted by atomic mass is 16.3. The summed E-state index contributed by atoms with van der Waals surface area (Å²) in [5.74, 6) is 1.29. The van der Waals surface area contributed by atoms with Crippen LogP contribution in [0.15, 0.2) is 0 Å². The van der Waals surface area contributed by atoms with Crippen LogP contribution in [-0.4, -0.2) is 72.7 Å². The molecule has 0 aromatic heterocycles. The van der Waals surface area contributed by atoms with Gasteiger partial charge in [-0.15, -0.1) is 0 Å². The molecule has 0 aromatic carbocycles. The third kappa shape index (κ3) is 4.68. The molecule has 0 unspecified atom stereocenters. The Morgan fingerprint density at radius 1 is 1.00 bits per heavy atom. The Labute approximate surface area is 140 Å². The maximum absolute atomic E-state index is 12.2. The van der Waals surface area contributed by atoms with Crippen molar-refractivity contribution < 1.29 is 9.90 Å². The standard InChI is InChI=1S/C18H33N3O2/c22-14-15-4-9-20(10-5-15)13-8-19-17-6-11-21(12-7-17)18(23)16-2-1-3-16/h15-17,19,22H,1-14H2. The average molecular weight is 323 g/mol. The van der Waals surface area contributed by atoms with Crippen LogP contribution < -0.4 is 5.32 Å². The number of hydrogen-bond acceptors (Lipinski definition) is 4. The number of nitrogens with one attached hydrogen (secondary N) is 1. The number of carbonyl (C=O) groups is 1. The number of aliphatic hydroxyl groups is 1. The molecule has 1 amide bonds. The van der Waals surface area contributed by atoms with E-state index in [4.69, 9.17) is 0 Å². The molecule has 3 rings (SSSR count). The highest BCUT2D eigenvalue weighted by Crippen LogP contribution is 2.29. The fourth-order valence-electron chi connectivity index (χ4n) is 4.04. The molecule has 2 heterocycles. The maximum Gasteiger partial charge on any atom is 0.225 e. The predicted molar refractivity (Wildman–Crippen MR) is 91.2 cm³/mol. The minimum Gasteiger partial charge on any atom is -0.396 e. The Kier molecular flexibility index (Phi) is 6.31. The number of carbonyl (C=O) groups excluding carboxylic acids is 1. The molecule has 0 radical (unpaired) electrons. The van der Waals surface area contributed by atoms with Gasteiger partial charge in [-0.3, -0.25) is 4.79 Å². The lowest BCUT2D eigenvalue weighted by atomic mass is 9.84. The Morgan fingerprint density at radius 2 is 1.70 bits per heavy atom. The average Bonchev–Trinajstić information content (AvgIpc) is 2.54. The SMILES string of the molecule is O=C(C1CCC1)N1CCC(NCCN2CCC(CO)CC2)CC1. The molecule has 23 heavy (non-hydrogen) atoms. The Bertz CT molecular complexity index is 370. The highest BCUT2D eigenvalue weighted by molar-refractivity contribution is 5.79. The van der Waals surface area contributed by atoms with E-state index in [1.54, 1.807) is 0 Å². The predicted octanol–water partition coefficient (Wildman–Crippen LogP) is 1.07. The summed E-state index contributed by atoms with van der Waals surface area (Å²) < 4.78 is 0. The van der Waals surface area contributed by atoms with Crippen LogP contribution in [0.25, 0.3) is 0 Å². The van der Waals surface area contributed by atoms with Crippen molar-refractivity contribution in [1.29, 1.82) is 0 Å². The van der Waals surface area contributed by atoms with Crippen LogP contribution in [0.3, 0.4) is 0 Å². The molecule has 2 N–H and O–H groups in total. The van der Waals surface area contributed by atoms with Gasteiger partial charge in [0.05, 0.1) is 0 Å². The van der Waals surface area contributed by atoms with Gasteiger partial charge in [0.25, 0.3) is 0 Å². The van der Waals surface area contributed by atoms with Crippen LogP contribution in [0.5, 0.6) is 0 Å². The molecule has 3 aliphatic rings. The van der Waals surface area contributed by atoms with Crippen LogP contribution >= 0.6 is 0 Å². The fourth-order valence-corrected chi connectivity index (χ4v) is 4.04. The zero-order valence-corrected chi connectivity index (χ0v) is 14.4. The largest absolute Gasteiger partial charge is 0.396 e. The van der Waals surface area contributed by atoms with Crippen molar-refractivity contribution in [3.63, 3.8) is 0 Å². The molecular formula is C18H33N3O2. The first-order valence-corrected chi connectivity index (χ1v) is 9.61. The van der Waals surface area contributed by atoms with Crippen molar-refractivity contribution in [3.05, 3.63) is 0 Å². The van der Waals surface area contributed by atoms with E-state index in [0.717, 1.165) is 77.8 Å². The quantitative estimate of drug-likeness (QED) is 0.768. The topological polar surface area (TPSA) is 55.8 Å². The van der Waals surface area contributed by atoms with Crippen LogP contribution in [-0.2, 0) is 4.79 Å². The van der Waals surface area contributed by atoms with Gasteiger partial charge in [-0.1, -0.05) is 6.42 Å². The molecule has 132 valence electrons. The van der Waals surface area contributed by atoms with Crippen molar-refractivity contribution >= 4 is 5.91 Å². The third-order valence-corrected chi connectivity index (χ3v) is 6.09. The molecule has 0 aromatic rings. The lowest BCUT2D eigenvalue weighted by Crippen LogP contribution is -2.49. The molecule has 0 atom stereocenters. The van der Waals surface area contributed by atoms with Crippen LogP contribution in [0, 0.1) is 11.8 Å². The van der Waals surface area contributed by atoms with Gasteiger partial charge in [0.1, 0.15) is 0 Å². The summed E-state index contributed by atoms with van der Waals surface area (Å²) in [7, 11) is 0. The van der Waals surface area contributed by atoms with Gasteiger partial charge in [0.2, 0.25) is 5.91 Å². The van der Waals surface area contributed by atoms with Crippen molar-refractivity contribution in [2.24, 2.45) is 11.8 Å². The number of rotatable bonds is 6. The molecule has 5 nitrogen and oxygen atoms in total. The number of aliphatic hydroxyl groups excluding tert-OH is 1. The van der Waals surface area contributed by atoms with Crippen molar-refractivity contribution in [2.75, 3.05) is 45.9 Å². The number of nitrogens with zero attached hydrogens (tertiary/aromatic N) is 2. The highest BCUT2D eigenvalue weighted by Gasteiger charge is 2.31. The Hall–Kier alpha value is -0.650. The first-order valence-electron chi connectivity index (χ1n) is 9.61. The number of hydrogen-bond donors (Lipinski definition) is 2. The van der Waals surface area contributed by atoms with E-state index in [0.29, 0.717) is 30.4 Å². The van der Waals surface area contributed by atoms with Gasteiger partial charge >= 0.3 is 0 Å². The van der Waals surface area contributed by atoms with E-state index in [2.05, 4.69) is 15.1 Å². The van der Waals surface area contributed by atoms with Gasteiger partial charge in [-0.25, -0.2) is 0 Å². The summed E-state index contributed by atoms with van der Waals surface area (Å²) in [6.45, 7) is 6.64. The molecule has 2 saturated heterocycles. The zero-order valence-electron chi connectivity index (χ0n) is 14.4. The monoisotopic (exact) mass is 323 g/mol. The Balaban J connectivity index is 1.27. The second-order valence-corrected chi connectivity index (χ2v) is 7.65. The molecule has 3 fully saturated rings. The summed E-state index contributed by atoms with van der Waals surface area (Å²) in [6, 6.07) is 0.579. The van der Waals surface area contributed by atoms with E-state index >= 15 is 0 Å². The molecule has 2 aliphatic heterocycles. The molecule has 1 aliphatic carbocycles. The smallest absolute Gasteiger partial charge is 0.225 e. The summed E-state index contributed by atoms with van der Waals surface area (Å²) in [5, 5.41) is 12.9. The van der Waals surface area contributed by atoms with Gasteiger partial charge < -0.3 is 20.2 Å². The Morgan fingerprint density at radius 3 is 2.26 bits per heavy atom. The van der Waals surface area contributed by atoms with Crippen LogP contribution in [0.1, 0.15) is 44.9 Å². The summed E-state index contributed by atoms with van der Waals surface area (Å²) >= 11 is 0. The van der Waals surface area contributed by atoms with Crippen molar-refractivity contribution in [3.8, 4) is 0 Å². The summed E-state index contributed by atoms with van der Waals surface area (Å²) in [5.41, 5.74) is 0. The molecular weight excluding hydrogens is 290 g/mol. The second-order valence-electron chi connectivity index (χ2n) is 7.65. The second kappa shape index (κ2) is 8.45. The van der Waals surface area contributed by atoms with E-state index in [1.165, 1.54) is 6.42 Å². The van der Waals surface area contributed by atoms with Crippen molar-refractivity contribution in [1.82, 2.24) is 15.1 Å². The van der Waals surface area contributed by atoms with Gasteiger partial charge in [-0.05, 0) is 57.5 Å². The van der Waals surface area contributed by atoms with Gasteiger partial charge in [0, 0.05) is 44.7 Å². The van der Waals surface area contributed by atoms with E-state index in [9.17, 15) is 9.90 Å². The van der Waals surface area contributed by atoms with Crippen molar-refractivity contribution in [2.45, 2.75) is 51.0 Å². The summed E-state index contributed by atoms with van der Waals surface area (Å²) in [4.78, 5) is 16.8. The third-order valence-electron chi connectivity index (χ3n) is 6.09. The zero-order chi connectivity index (χ0) is 16.1. The first-order chi connectivity index (χ1) is 11.3. The van der Waals surface area contributed by atoms with Crippen LogP contribution in [0.4, 0.5) is 0 Å². The number of likely N-dealkylation sites (tertiary alicyclic amines) is 2. The normalized spacial score (nSPS) is 25.5. The minimum atomic E-state index is 0.348. The van der Waals surface area contributed by atoms with Gasteiger partial charge in [-0.2, -0.15) is 0 Å². The lowest BCUT2D eigenvalue weighted by molar-refractivity contribution is -0.139. The lowest BCUT2D eigenvalue weighted by Gasteiger charge is -2.37. The van der Waals surface area contributed by atoms with E-state index in [1.807, 2.05) is 0 Å².